The second kappa shape index (κ2) is 6.75. The Kier molecular flexibility index (Phi) is 4.71. The summed E-state index contributed by atoms with van der Waals surface area (Å²) in [6.07, 6.45) is 4.12. The average molecular weight is 327 g/mol. The molecule has 0 radical (unpaired) electrons. The minimum atomic E-state index is 0.598. The molecule has 3 nitrogen and oxygen atoms in total. The highest BCUT2D eigenvalue weighted by atomic mass is 32.1. The zero-order chi connectivity index (χ0) is 16.4. The molecular formula is C19H25N3S. The molecule has 1 saturated heterocycles. The highest BCUT2D eigenvalue weighted by molar-refractivity contribution is 7.80. The number of H-pyrrole nitrogens is 1. The normalized spacial score (nSPS) is 15.8. The number of fused-ring (bicyclic) bond motifs is 1. The number of aromatic nitrogens is 1. The van der Waals surface area contributed by atoms with Gasteiger partial charge in [-0.15, -0.1) is 6.58 Å². The van der Waals surface area contributed by atoms with E-state index in [4.69, 9.17) is 12.2 Å². The van der Waals surface area contributed by atoms with E-state index >= 15 is 0 Å². The lowest BCUT2D eigenvalue weighted by molar-refractivity contribution is 0.308. The molecule has 1 aromatic carbocycles. The van der Waals surface area contributed by atoms with Crippen LogP contribution in [0.15, 0.2) is 30.9 Å². The number of nitrogens with zero attached hydrogens (tertiary/aromatic N) is 1. The first kappa shape index (κ1) is 16.1. The molecule has 1 aliphatic heterocycles. The fourth-order valence-corrected chi connectivity index (χ4v) is 3.78. The molecule has 1 aromatic heterocycles. The Bertz CT molecular complexity index is 724. The van der Waals surface area contributed by atoms with E-state index in [9.17, 15) is 0 Å². The topological polar surface area (TPSA) is 31.1 Å². The molecule has 0 atom stereocenters. The molecule has 122 valence electrons. The SMILES string of the molecule is C=CCNC(=S)N1CCC(c2[nH]c3ccc(C)cc3c2C)CC1. The minimum absolute atomic E-state index is 0.598. The maximum atomic E-state index is 5.45. The van der Waals surface area contributed by atoms with Gasteiger partial charge in [0, 0.05) is 42.1 Å². The van der Waals surface area contributed by atoms with Gasteiger partial charge >= 0.3 is 0 Å². The monoisotopic (exact) mass is 327 g/mol. The van der Waals surface area contributed by atoms with Crippen LogP contribution in [0.2, 0.25) is 0 Å². The molecule has 0 amide bonds. The van der Waals surface area contributed by atoms with Gasteiger partial charge in [-0.2, -0.15) is 0 Å². The van der Waals surface area contributed by atoms with E-state index in [0.29, 0.717) is 5.92 Å². The van der Waals surface area contributed by atoms with E-state index in [1.807, 2.05) is 6.08 Å². The predicted molar refractivity (Wildman–Crippen MR) is 102 cm³/mol. The van der Waals surface area contributed by atoms with Crippen molar-refractivity contribution < 1.29 is 0 Å². The Morgan fingerprint density at radius 1 is 1.39 bits per heavy atom. The number of aromatic amines is 1. The van der Waals surface area contributed by atoms with Gasteiger partial charge in [0.15, 0.2) is 5.11 Å². The second-order valence-corrected chi connectivity index (χ2v) is 6.84. The number of benzene rings is 1. The first-order valence-corrected chi connectivity index (χ1v) is 8.73. The predicted octanol–water partition coefficient (Wildman–Crippen LogP) is 4.02. The van der Waals surface area contributed by atoms with E-state index in [0.717, 1.165) is 37.6 Å². The Hall–Kier alpha value is -1.81. The molecule has 3 rings (SSSR count). The van der Waals surface area contributed by atoms with Gasteiger partial charge in [0.2, 0.25) is 0 Å². The van der Waals surface area contributed by atoms with Gasteiger partial charge in [0.25, 0.3) is 0 Å². The summed E-state index contributed by atoms with van der Waals surface area (Å²) >= 11 is 5.45. The molecule has 0 saturated carbocycles. The average Bonchev–Trinajstić information content (AvgIpc) is 2.89. The first-order valence-electron chi connectivity index (χ1n) is 8.32. The van der Waals surface area contributed by atoms with Crippen LogP contribution in [0.25, 0.3) is 10.9 Å². The number of aryl methyl sites for hydroxylation is 2. The van der Waals surface area contributed by atoms with Gasteiger partial charge < -0.3 is 15.2 Å². The lowest BCUT2D eigenvalue weighted by Gasteiger charge is -2.33. The minimum Gasteiger partial charge on any atom is -0.359 e. The molecule has 2 aromatic rings. The maximum Gasteiger partial charge on any atom is 0.169 e. The van der Waals surface area contributed by atoms with Gasteiger partial charge in [0.05, 0.1) is 0 Å². The summed E-state index contributed by atoms with van der Waals surface area (Å²) in [4.78, 5) is 5.93. The van der Waals surface area contributed by atoms with Crippen LogP contribution >= 0.6 is 12.2 Å². The zero-order valence-corrected chi connectivity index (χ0v) is 14.8. The first-order chi connectivity index (χ1) is 11.1. The van der Waals surface area contributed by atoms with Crippen LogP contribution in [0.3, 0.4) is 0 Å². The Balaban J connectivity index is 1.71. The quantitative estimate of drug-likeness (QED) is 0.659. The van der Waals surface area contributed by atoms with Crippen LogP contribution in [0.4, 0.5) is 0 Å². The molecule has 4 heteroatoms. The Morgan fingerprint density at radius 2 is 2.13 bits per heavy atom. The lowest BCUT2D eigenvalue weighted by atomic mass is 9.91. The van der Waals surface area contributed by atoms with Crippen molar-refractivity contribution in [2.24, 2.45) is 0 Å². The molecule has 2 N–H and O–H groups in total. The van der Waals surface area contributed by atoms with Crippen LogP contribution in [0.5, 0.6) is 0 Å². The van der Waals surface area contributed by atoms with Crippen molar-refractivity contribution in [3.8, 4) is 0 Å². The number of rotatable bonds is 3. The molecule has 0 aliphatic carbocycles. The number of likely N-dealkylation sites (tertiary alicyclic amines) is 1. The van der Waals surface area contributed by atoms with E-state index in [1.54, 1.807) is 0 Å². The van der Waals surface area contributed by atoms with Crippen molar-refractivity contribution in [2.45, 2.75) is 32.6 Å². The summed E-state index contributed by atoms with van der Waals surface area (Å²) < 4.78 is 0. The molecule has 0 spiro atoms. The fourth-order valence-electron chi connectivity index (χ4n) is 3.51. The van der Waals surface area contributed by atoms with Crippen molar-refractivity contribution in [1.29, 1.82) is 0 Å². The van der Waals surface area contributed by atoms with Crippen LogP contribution in [0.1, 0.15) is 35.6 Å². The summed E-state index contributed by atoms with van der Waals surface area (Å²) in [5.41, 5.74) is 5.40. The molecule has 2 heterocycles. The number of piperidine rings is 1. The summed E-state index contributed by atoms with van der Waals surface area (Å²) in [5.74, 6) is 0.598. The second-order valence-electron chi connectivity index (χ2n) is 6.45. The zero-order valence-electron chi connectivity index (χ0n) is 14.0. The van der Waals surface area contributed by atoms with Crippen molar-refractivity contribution in [1.82, 2.24) is 15.2 Å². The number of nitrogens with one attached hydrogen (secondary N) is 2. The molecular weight excluding hydrogens is 302 g/mol. The van der Waals surface area contributed by atoms with Gasteiger partial charge in [-0.1, -0.05) is 17.7 Å². The van der Waals surface area contributed by atoms with Crippen LogP contribution in [-0.4, -0.2) is 34.6 Å². The van der Waals surface area contributed by atoms with Crippen LogP contribution < -0.4 is 5.32 Å². The van der Waals surface area contributed by atoms with Gasteiger partial charge in [0.1, 0.15) is 0 Å². The molecule has 1 fully saturated rings. The smallest absolute Gasteiger partial charge is 0.169 e. The van der Waals surface area contributed by atoms with E-state index < -0.39 is 0 Å². The molecule has 0 bridgehead atoms. The van der Waals surface area contributed by atoms with E-state index in [2.05, 4.69) is 53.8 Å². The van der Waals surface area contributed by atoms with Crippen molar-refractivity contribution in [2.75, 3.05) is 19.6 Å². The molecule has 23 heavy (non-hydrogen) atoms. The maximum absolute atomic E-state index is 5.45. The highest BCUT2D eigenvalue weighted by Gasteiger charge is 2.24. The highest BCUT2D eigenvalue weighted by Crippen LogP contribution is 2.33. The third-order valence-electron chi connectivity index (χ3n) is 4.84. The number of hydrogen-bond acceptors (Lipinski definition) is 1. The number of thiocarbonyl (C=S) groups is 1. The van der Waals surface area contributed by atoms with Gasteiger partial charge in [-0.25, -0.2) is 0 Å². The summed E-state index contributed by atoms with van der Waals surface area (Å²) in [6.45, 7) is 10.9. The fraction of sp³-hybridized carbons (Fsp3) is 0.421. The Labute approximate surface area is 143 Å². The van der Waals surface area contributed by atoms with Crippen molar-refractivity contribution in [3.63, 3.8) is 0 Å². The summed E-state index contributed by atoms with van der Waals surface area (Å²) in [7, 11) is 0. The van der Waals surface area contributed by atoms with Crippen molar-refractivity contribution in [3.05, 3.63) is 47.7 Å². The van der Waals surface area contributed by atoms with Crippen molar-refractivity contribution >= 4 is 28.2 Å². The van der Waals surface area contributed by atoms with E-state index in [1.165, 1.54) is 27.7 Å². The van der Waals surface area contributed by atoms with E-state index in [-0.39, 0.29) is 0 Å². The van der Waals surface area contributed by atoms with Crippen LogP contribution in [0, 0.1) is 13.8 Å². The van der Waals surface area contributed by atoms with Gasteiger partial charge in [-0.3, -0.25) is 0 Å². The molecule has 0 unspecified atom stereocenters. The largest absolute Gasteiger partial charge is 0.359 e. The standard InChI is InChI=1S/C19H25N3S/c1-4-9-20-19(23)22-10-7-15(8-11-22)18-14(3)16-12-13(2)5-6-17(16)21-18/h4-6,12,15,21H,1,7-11H2,2-3H3,(H,20,23). The summed E-state index contributed by atoms with van der Waals surface area (Å²) in [6, 6.07) is 6.66. The lowest BCUT2D eigenvalue weighted by Crippen LogP contribution is -2.44. The van der Waals surface area contributed by atoms with Gasteiger partial charge in [-0.05, 0) is 56.6 Å². The Morgan fingerprint density at radius 3 is 2.83 bits per heavy atom. The molecule has 1 aliphatic rings. The summed E-state index contributed by atoms with van der Waals surface area (Å²) in [5, 5.41) is 5.45. The number of hydrogen-bond donors (Lipinski definition) is 2. The van der Waals surface area contributed by atoms with Crippen LogP contribution in [-0.2, 0) is 0 Å². The third-order valence-corrected chi connectivity index (χ3v) is 5.24. The third kappa shape index (κ3) is 3.27.